The molecule has 25 heavy (non-hydrogen) atoms. The van der Waals surface area contributed by atoms with E-state index < -0.39 is 10.0 Å². The summed E-state index contributed by atoms with van der Waals surface area (Å²) in [7, 11) is -2.16. The van der Waals surface area contributed by atoms with E-state index in [2.05, 4.69) is 9.71 Å². The number of nitriles is 1. The fourth-order valence-corrected chi connectivity index (χ4v) is 4.07. The van der Waals surface area contributed by atoms with Crippen molar-refractivity contribution in [2.45, 2.75) is 4.90 Å². The summed E-state index contributed by atoms with van der Waals surface area (Å²) < 4.78 is 32.3. The summed E-state index contributed by atoms with van der Waals surface area (Å²) in [5, 5.41) is 10.8. The average Bonchev–Trinajstić information content (AvgIpc) is 3.09. The van der Waals surface area contributed by atoms with Crippen molar-refractivity contribution in [1.82, 2.24) is 4.98 Å². The highest BCUT2D eigenvalue weighted by atomic mass is 32.2. The minimum Gasteiger partial charge on any atom is -0.497 e. The molecule has 0 saturated carbocycles. The lowest BCUT2D eigenvalue weighted by molar-refractivity contribution is 0.415. The molecular weight excluding hydrogens is 358 g/mol. The number of anilines is 1. The zero-order valence-electron chi connectivity index (χ0n) is 13.1. The van der Waals surface area contributed by atoms with Gasteiger partial charge in [0.25, 0.3) is 10.0 Å². The van der Waals surface area contributed by atoms with Gasteiger partial charge in [-0.05, 0) is 48.5 Å². The van der Waals surface area contributed by atoms with Gasteiger partial charge in [-0.3, -0.25) is 4.72 Å². The van der Waals surface area contributed by atoms with Crippen molar-refractivity contribution >= 4 is 26.5 Å². The molecule has 3 rings (SSSR count). The molecule has 6 nitrogen and oxygen atoms in total. The van der Waals surface area contributed by atoms with E-state index in [0.717, 1.165) is 11.3 Å². The first-order chi connectivity index (χ1) is 12.0. The van der Waals surface area contributed by atoms with Crippen LogP contribution in [-0.2, 0) is 10.0 Å². The quantitative estimate of drug-likeness (QED) is 0.741. The smallest absolute Gasteiger partial charge is 0.263 e. The predicted molar refractivity (Wildman–Crippen MR) is 96.1 cm³/mol. The summed E-state index contributed by atoms with van der Waals surface area (Å²) in [6.07, 6.45) is 0. The van der Waals surface area contributed by atoms with Crippen molar-refractivity contribution < 1.29 is 13.2 Å². The van der Waals surface area contributed by atoms with Crippen LogP contribution in [0.15, 0.2) is 58.8 Å². The van der Waals surface area contributed by atoms with Crippen LogP contribution in [0.4, 0.5) is 5.13 Å². The summed E-state index contributed by atoms with van der Waals surface area (Å²) in [5.74, 6) is 0.737. The van der Waals surface area contributed by atoms with Gasteiger partial charge < -0.3 is 4.74 Å². The topological polar surface area (TPSA) is 92.1 Å². The number of aromatic nitrogens is 1. The van der Waals surface area contributed by atoms with Gasteiger partial charge in [0.05, 0.1) is 29.3 Å². The van der Waals surface area contributed by atoms with Gasteiger partial charge in [0, 0.05) is 10.9 Å². The van der Waals surface area contributed by atoms with Crippen molar-refractivity contribution in [2.75, 3.05) is 11.8 Å². The van der Waals surface area contributed by atoms with Crippen molar-refractivity contribution in [3.63, 3.8) is 0 Å². The molecule has 1 N–H and O–H groups in total. The highest BCUT2D eigenvalue weighted by Gasteiger charge is 2.16. The molecular formula is C17H13N3O3S2. The van der Waals surface area contributed by atoms with E-state index in [1.54, 1.807) is 12.5 Å². The Kier molecular flexibility index (Phi) is 4.70. The van der Waals surface area contributed by atoms with Gasteiger partial charge in [-0.2, -0.15) is 5.26 Å². The summed E-state index contributed by atoms with van der Waals surface area (Å²) in [4.78, 5) is 4.39. The van der Waals surface area contributed by atoms with E-state index in [1.807, 2.05) is 30.3 Å². The molecule has 0 spiro atoms. The zero-order chi connectivity index (χ0) is 17.9. The molecule has 1 heterocycles. The molecule has 0 aliphatic heterocycles. The maximum Gasteiger partial charge on any atom is 0.263 e. The zero-order valence-corrected chi connectivity index (χ0v) is 14.8. The lowest BCUT2D eigenvalue weighted by atomic mass is 10.2. The van der Waals surface area contributed by atoms with E-state index in [0.29, 0.717) is 11.3 Å². The van der Waals surface area contributed by atoms with Gasteiger partial charge in [-0.25, -0.2) is 13.4 Å². The molecule has 2 aromatic carbocycles. The normalized spacial score (nSPS) is 10.9. The number of nitrogens with one attached hydrogen (secondary N) is 1. The van der Waals surface area contributed by atoms with Crippen LogP contribution in [0.5, 0.6) is 5.75 Å². The predicted octanol–water partition coefficient (Wildman–Crippen LogP) is 3.49. The van der Waals surface area contributed by atoms with Crippen LogP contribution in [-0.4, -0.2) is 20.5 Å². The standard InChI is InChI=1S/C17H13N3O3S2/c1-23-14-6-4-13(5-7-14)16-11-24-17(19-16)20-25(21,22)15-8-2-12(10-18)3-9-15/h2-9,11H,1H3,(H,19,20). The molecule has 126 valence electrons. The molecule has 0 aliphatic carbocycles. The first kappa shape index (κ1) is 17.0. The highest BCUT2D eigenvalue weighted by molar-refractivity contribution is 7.93. The fourth-order valence-electron chi connectivity index (χ4n) is 2.10. The SMILES string of the molecule is COc1ccc(-c2csc(NS(=O)(=O)c3ccc(C#N)cc3)n2)cc1. The molecule has 0 unspecified atom stereocenters. The van der Waals surface area contributed by atoms with Crippen LogP contribution in [0.2, 0.25) is 0 Å². The van der Waals surface area contributed by atoms with E-state index in [4.69, 9.17) is 10.00 Å². The van der Waals surface area contributed by atoms with Crippen LogP contribution in [0.25, 0.3) is 11.3 Å². The minimum absolute atomic E-state index is 0.0766. The minimum atomic E-state index is -3.75. The average molecular weight is 371 g/mol. The van der Waals surface area contributed by atoms with Crippen molar-refractivity contribution in [1.29, 1.82) is 5.26 Å². The molecule has 0 amide bonds. The second-order valence-electron chi connectivity index (χ2n) is 5.01. The van der Waals surface area contributed by atoms with Crippen LogP contribution in [0.3, 0.4) is 0 Å². The Morgan fingerprint density at radius 3 is 2.40 bits per heavy atom. The lowest BCUT2D eigenvalue weighted by Gasteiger charge is -2.05. The van der Waals surface area contributed by atoms with Crippen LogP contribution in [0.1, 0.15) is 5.56 Å². The van der Waals surface area contributed by atoms with Gasteiger partial charge in [-0.15, -0.1) is 11.3 Å². The first-order valence-electron chi connectivity index (χ1n) is 7.15. The number of methoxy groups -OCH3 is 1. The van der Waals surface area contributed by atoms with E-state index in [1.165, 1.54) is 35.6 Å². The summed E-state index contributed by atoms with van der Waals surface area (Å²) in [6.45, 7) is 0. The number of rotatable bonds is 5. The van der Waals surface area contributed by atoms with Crippen LogP contribution in [0, 0.1) is 11.3 Å². The Hall–Kier alpha value is -2.89. The Bertz CT molecular complexity index is 1020. The third-order valence-corrected chi connectivity index (χ3v) is 5.65. The molecule has 1 aromatic heterocycles. The number of ether oxygens (including phenoxy) is 1. The van der Waals surface area contributed by atoms with Crippen LogP contribution >= 0.6 is 11.3 Å². The lowest BCUT2D eigenvalue weighted by Crippen LogP contribution is -2.12. The Labute approximate surface area is 149 Å². The Balaban J connectivity index is 1.80. The third-order valence-electron chi connectivity index (χ3n) is 3.41. The number of hydrogen-bond acceptors (Lipinski definition) is 6. The Morgan fingerprint density at radius 2 is 1.80 bits per heavy atom. The van der Waals surface area contributed by atoms with Gasteiger partial charge in [0.2, 0.25) is 0 Å². The molecule has 3 aromatic rings. The van der Waals surface area contributed by atoms with Gasteiger partial charge in [0.1, 0.15) is 5.75 Å². The molecule has 0 radical (unpaired) electrons. The summed E-state index contributed by atoms with van der Waals surface area (Å²) >= 11 is 1.20. The second kappa shape index (κ2) is 6.93. The van der Waals surface area contributed by atoms with Crippen molar-refractivity contribution in [3.05, 3.63) is 59.5 Å². The van der Waals surface area contributed by atoms with Gasteiger partial charge >= 0.3 is 0 Å². The number of benzene rings is 2. The first-order valence-corrected chi connectivity index (χ1v) is 9.51. The molecule has 0 atom stereocenters. The van der Waals surface area contributed by atoms with E-state index in [9.17, 15) is 8.42 Å². The number of hydrogen-bond donors (Lipinski definition) is 1. The summed E-state index contributed by atoms with van der Waals surface area (Å²) in [5.41, 5.74) is 1.93. The Morgan fingerprint density at radius 1 is 1.12 bits per heavy atom. The number of thiazole rings is 1. The number of nitrogens with zero attached hydrogens (tertiary/aromatic N) is 2. The van der Waals surface area contributed by atoms with Crippen molar-refractivity contribution in [2.24, 2.45) is 0 Å². The van der Waals surface area contributed by atoms with Gasteiger partial charge in [0.15, 0.2) is 5.13 Å². The van der Waals surface area contributed by atoms with Gasteiger partial charge in [-0.1, -0.05) is 0 Å². The van der Waals surface area contributed by atoms with Crippen LogP contribution < -0.4 is 9.46 Å². The summed E-state index contributed by atoms with van der Waals surface area (Å²) in [6, 6.07) is 15.0. The van der Waals surface area contributed by atoms with E-state index in [-0.39, 0.29) is 10.0 Å². The van der Waals surface area contributed by atoms with Crippen molar-refractivity contribution in [3.8, 4) is 23.1 Å². The molecule has 0 bridgehead atoms. The molecule has 0 aliphatic rings. The van der Waals surface area contributed by atoms with E-state index >= 15 is 0 Å². The molecule has 0 saturated heterocycles. The highest BCUT2D eigenvalue weighted by Crippen LogP contribution is 2.27. The monoisotopic (exact) mass is 371 g/mol. The fraction of sp³-hybridized carbons (Fsp3) is 0.0588. The molecule has 0 fully saturated rings. The number of sulfonamides is 1. The maximum atomic E-state index is 12.4. The molecule has 8 heteroatoms. The largest absolute Gasteiger partial charge is 0.497 e. The second-order valence-corrected chi connectivity index (χ2v) is 7.55. The maximum absolute atomic E-state index is 12.4. The third kappa shape index (κ3) is 3.79.